The van der Waals surface area contributed by atoms with Gasteiger partial charge >= 0.3 is 0 Å². The summed E-state index contributed by atoms with van der Waals surface area (Å²) in [5.41, 5.74) is 1.15. The Morgan fingerprint density at radius 1 is 1.39 bits per heavy atom. The molecule has 0 aromatic rings. The lowest BCUT2D eigenvalue weighted by molar-refractivity contribution is -0.133. The summed E-state index contributed by atoms with van der Waals surface area (Å²) in [6.07, 6.45) is 8.74. The molecule has 1 aliphatic carbocycles. The van der Waals surface area contributed by atoms with Crippen molar-refractivity contribution in [2.75, 3.05) is 13.1 Å². The van der Waals surface area contributed by atoms with Crippen LogP contribution in [0, 0.1) is 11.3 Å². The summed E-state index contributed by atoms with van der Waals surface area (Å²) < 4.78 is 26.9. The van der Waals surface area contributed by atoms with Crippen LogP contribution in [-0.2, 0) is 9.59 Å². The van der Waals surface area contributed by atoms with E-state index in [1.165, 1.54) is 12.3 Å². The second-order valence-electron chi connectivity index (χ2n) is 5.86. The minimum Gasteiger partial charge on any atom is -0.343 e. The van der Waals surface area contributed by atoms with Gasteiger partial charge < -0.3 is 10.2 Å². The molecule has 0 radical (unpaired) electrons. The number of rotatable bonds is 5. The van der Waals surface area contributed by atoms with Gasteiger partial charge in [0, 0.05) is 23.8 Å². The van der Waals surface area contributed by atoms with Gasteiger partial charge in [0.05, 0.1) is 24.9 Å². The summed E-state index contributed by atoms with van der Waals surface area (Å²) in [4.78, 5) is 29.5. The van der Waals surface area contributed by atoms with E-state index in [-0.39, 0.29) is 13.0 Å². The van der Waals surface area contributed by atoms with Crippen molar-refractivity contribution in [3.05, 3.63) is 60.9 Å². The van der Waals surface area contributed by atoms with Crippen LogP contribution >= 0.6 is 0 Å². The summed E-state index contributed by atoms with van der Waals surface area (Å²) in [6.45, 7) is 5.78. The van der Waals surface area contributed by atoms with Crippen LogP contribution in [-0.4, -0.2) is 47.5 Å². The highest BCUT2D eigenvalue weighted by Gasteiger charge is 2.47. The minimum atomic E-state index is -3.11. The van der Waals surface area contributed by atoms with Crippen LogP contribution in [0.1, 0.15) is 13.8 Å². The lowest BCUT2D eigenvalue weighted by atomic mass is 9.98. The third kappa shape index (κ3) is 5.10. The number of amides is 2. The number of alkyl halides is 2. The van der Waals surface area contributed by atoms with Crippen LogP contribution in [0.5, 0.6) is 0 Å². The van der Waals surface area contributed by atoms with E-state index in [1.54, 1.807) is 30.4 Å². The van der Waals surface area contributed by atoms with Crippen LogP contribution in [0.15, 0.2) is 65.9 Å². The Balaban J connectivity index is 0.00000392. The monoisotopic (exact) mass is 388 g/mol. The first kappa shape index (κ1) is 22.7. The van der Waals surface area contributed by atoms with Crippen molar-refractivity contribution in [1.29, 1.82) is 5.26 Å². The number of hydrogen-bond acceptors (Lipinski definition) is 4. The van der Waals surface area contributed by atoms with Crippen molar-refractivity contribution in [1.82, 2.24) is 10.2 Å². The summed E-state index contributed by atoms with van der Waals surface area (Å²) in [6, 6.07) is 0.480. The molecule has 8 heteroatoms. The summed E-state index contributed by atoms with van der Waals surface area (Å²) in [7, 11) is 0. The molecule has 1 N–H and O–H groups in total. The Kier molecular flexibility index (Phi) is 7.75. The van der Waals surface area contributed by atoms with Gasteiger partial charge in [-0.25, -0.2) is 8.78 Å². The molecule has 1 aliphatic heterocycles. The highest BCUT2D eigenvalue weighted by molar-refractivity contribution is 6.17. The van der Waals surface area contributed by atoms with Gasteiger partial charge in [-0.3, -0.25) is 14.6 Å². The number of carbonyl (C=O) groups is 2. The van der Waals surface area contributed by atoms with Crippen molar-refractivity contribution in [3.8, 4) is 6.07 Å². The van der Waals surface area contributed by atoms with Gasteiger partial charge in [0.1, 0.15) is 6.04 Å². The fourth-order valence-corrected chi connectivity index (χ4v) is 2.78. The molecule has 28 heavy (non-hydrogen) atoms. The predicted octanol–water partition coefficient (Wildman–Crippen LogP) is 2.69. The zero-order valence-corrected chi connectivity index (χ0v) is 14.5. The zero-order valence-electron chi connectivity index (χ0n) is 14.5. The van der Waals surface area contributed by atoms with Crippen molar-refractivity contribution < 1.29 is 18.4 Å². The zero-order chi connectivity index (χ0) is 20.0. The molecule has 1 heterocycles. The third-order valence-corrected chi connectivity index (χ3v) is 4.01. The summed E-state index contributed by atoms with van der Waals surface area (Å²) in [5.74, 6) is -4.46. The lowest BCUT2D eigenvalue weighted by Crippen LogP contribution is -2.43. The van der Waals surface area contributed by atoms with Gasteiger partial charge in [-0.15, -0.1) is 0 Å². The van der Waals surface area contributed by atoms with Gasteiger partial charge in [-0.1, -0.05) is 44.9 Å². The SMILES string of the molecule is C.C=CN=C1C=CC=C/C1=C(/C=C)C(=O)NCC(=O)N1CC(F)(F)CC1C#N. The molecule has 1 atom stereocenters. The van der Waals surface area contributed by atoms with E-state index < -0.39 is 43.3 Å². The van der Waals surface area contributed by atoms with E-state index in [9.17, 15) is 18.4 Å². The Bertz CT molecular complexity index is 832. The quantitative estimate of drug-likeness (QED) is 0.735. The van der Waals surface area contributed by atoms with Gasteiger partial charge in [0.15, 0.2) is 0 Å². The number of allylic oxidation sites excluding steroid dienone is 5. The third-order valence-electron chi connectivity index (χ3n) is 4.01. The maximum absolute atomic E-state index is 13.4. The highest BCUT2D eigenvalue weighted by atomic mass is 19.3. The molecule has 1 saturated heterocycles. The Hall–Kier alpha value is -3.34. The van der Waals surface area contributed by atoms with E-state index in [0.717, 1.165) is 4.90 Å². The normalized spacial score (nSPS) is 22.8. The molecule has 0 spiro atoms. The number of halogens is 2. The van der Waals surface area contributed by atoms with E-state index in [4.69, 9.17) is 5.26 Å². The van der Waals surface area contributed by atoms with Gasteiger partial charge in [0.2, 0.25) is 5.91 Å². The molecule has 1 unspecified atom stereocenters. The van der Waals surface area contributed by atoms with E-state index >= 15 is 0 Å². The summed E-state index contributed by atoms with van der Waals surface area (Å²) >= 11 is 0. The van der Waals surface area contributed by atoms with Crippen LogP contribution in [0.2, 0.25) is 0 Å². The Labute approximate surface area is 162 Å². The second-order valence-corrected chi connectivity index (χ2v) is 5.86. The standard InChI is InChI=1S/C19H18F2N4O2.CH4/c1-3-14(15-7-5-6-8-16(15)23-4-2)18(27)24-11-17(26)25-12-19(20,21)9-13(25)10-22;/h3-8,13H,1-2,9,11-12H2,(H,24,27);1H4/b15-14+,23-16?;. The average Bonchev–Trinajstić information content (AvgIpc) is 2.97. The smallest absolute Gasteiger partial charge is 0.268 e. The van der Waals surface area contributed by atoms with Crippen molar-refractivity contribution in [3.63, 3.8) is 0 Å². The Morgan fingerprint density at radius 2 is 2.07 bits per heavy atom. The molecule has 2 aliphatic rings. The number of nitrogens with one attached hydrogen (secondary N) is 1. The van der Waals surface area contributed by atoms with Crippen LogP contribution < -0.4 is 5.32 Å². The number of likely N-dealkylation sites (tertiary alicyclic amines) is 1. The minimum absolute atomic E-state index is 0. The first-order valence-electron chi connectivity index (χ1n) is 8.08. The molecule has 0 aromatic heterocycles. The molecule has 2 rings (SSSR count). The molecular weight excluding hydrogens is 366 g/mol. The molecule has 0 bridgehead atoms. The largest absolute Gasteiger partial charge is 0.343 e. The average molecular weight is 388 g/mol. The first-order chi connectivity index (χ1) is 12.8. The second kappa shape index (κ2) is 9.55. The number of hydrogen-bond donors (Lipinski definition) is 1. The van der Waals surface area contributed by atoms with E-state index in [1.807, 2.05) is 0 Å². The molecule has 0 saturated carbocycles. The topological polar surface area (TPSA) is 85.6 Å². The van der Waals surface area contributed by atoms with Crippen molar-refractivity contribution >= 4 is 17.5 Å². The molecular formula is C20H22F2N4O2. The fraction of sp³-hybridized carbons (Fsp3) is 0.300. The predicted molar refractivity (Wildman–Crippen MR) is 104 cm³/mol. The first-order valence-corrected chi connectivity index (χ1v) is 8.08. The van der Waals surface area contributed by atoms with E-state index in [2.05, 4.69) is 23.5 Å². The Morgan fingerprint density at radius 3 is 2.68 bits per heavy atom. The van der Waals surface area contributed by atoms with Gasteiger partial charge in [-0.2, -0.15) is 5.26 Å². The number of nitriles is 1. The maximum atomic E-state index is 13.4. The molecule has 6 nitrogen and oxygen atoms in total. The lowest BCUT2D eigenvalue weighted by Gasteiger charge is -2.19. The van der Waals surface area contributed by atoms with Crippen LogP contribution in [0.4, 0.5) is 8.78 Å². The molecule has 148 valence electrons. The molecule has 2 amide bonds. The van der Waals surface area contributed by atoms with Gasteiger partial charge in [-0.05, 0) is 6.08 Å². The highest BCUT2D eigenvalue weighted by Crippen LogP contribution is 2.31. The van der Waals surface area contributed by atoms with Gasteiger partial charge in [0.25, 0.3) is 11.8 Å². The van der Waals surface area contributed by atoms with Crippen molar-refractivity contribution in [2.45, 2.75) is 25.8 Å². The maximum Gasteiger partial charge on any atom is 0.268 e. The molecule has 0 aromatic carbocycles. The number of aliphatic imine (C=N–C) groups is 1. The van der Waals surface area contributed by atoms with E-state index in [0.29, 0.717) is 11.3 Å². The number of nitrogens with zero attached hydrogens (tertiary/aromatic N) is 3. The summed E-state index contributed by atoms with van der Waals surface area (Å²) in [5, 5.41) is 11.3. The number of carbonyl (C=O) groups excluding carboxylic acids is 2. The van der Waals surface area contributed by atoms with Crippen LogP contribution in [0.3, 0.4) is 0 Å². The van der Waals surface area contributed by atoms with Crippen LogP contribution in [0.25, 0.3) is 0 Å². The molecule has 1 fully saturated rings. The fourth-order valence-electron chi connectivity index (χ4n) is 2.78. The van der Waals surface area contributed by atoms with Crippen molar-refractivity contribution in [2.24, 2.45) is 4.99 Å².